The van der Waals surface area contributed by atoms with Crippen molar-refractivity contribution in [1.29, 1.82) is 0 Å². The molecule has 0 unspecified atom stereocenters. The molecule has 3 nitrogen and oxygen atoms in total. The molecule has 0 radical (unpaired) electrons. The summed E-state index contributed by atoms with van der Waals surface area (Å²) in [5, 5.41) is 0. The summed E-state index contributed by atoms with van der Waals surface area (Å²) in [6.07, 6.45) is 5.25. The molecule has 12 heavy (non-hydrogen) atoms. The van der Waals surface area contributed by atoms with Crippen LogP contribution in [0.25, 0.3) is 0 Å². The van der Waals surface area contributed by atoms with Crippen molar-refractivity contribution in [2.75, 3.05) is 13.7 Å². The molecule has 0 aliphatic rings. The Balaban J connectivity index is 2.58. The van der Waals surface area contributed by atoms with Gasteiger partial charge in [0, 0.05) is 16.9 Å². The van der Waals surface area contributed by atoms with E-state index in [0.29, 0.717) is 6.61 Å². The molecule has 0 saturated carbocycles. The van der Waals surface area contributed by atoms with E-state index in [1.807, 2.05) is 12.1 Å². The summed E-state index contributed by atoms with van der Waals surface area (Å²) in [5.74, 6) is 0.813. The first kappa shape index (κ1) is 8.59. The summed E-state index contributed by atoms with van der Waals surface area (Å²) in [7, 11) is 1.63. The molecule has 64 valence electrons. The number of methoxy groups -OCH3 is 1. The third-order valence-corrected chi connectivity index (χ3v) is 1.35. The molecule has 3 heteroatoms. The maximum Gasteiger partial charge on any atom is 0.226 e. The Morgan fingerprint density at radius 1 is 1.50 bits per heavy atom. The van der Waals surface area contributed by atoms with E-state index in [9.17, 15) is 0 Å². The Bertz CT molecular complexity index is 243. The fraction of sp³-hybridized carbons (Fsp3) is 0.222. The number of pyridine rings is 1. The third kappa shape index (κ3) is 2.27. The highest BCUT2D eigenvalue weighted by atomic mass is 16.7. The Morgan fingerprint density at radius 2 is 2.17 bits per heavy atom. The Hall–Kier alpha value is -1.51. The van der Waals surface area contributed by atoms with Gasteiger partial charge in [-0.2, -0.15) is 0 Å². The second-order valence-corrected chi connectivity index (χ2v) is 2.18. The lowest BCUT2D eigenvalue weighted by atomic mass is 10.5. The molecule has 1 aromatic rings. The van der Waals surface area contributed by atoms with Crippen LogP contribution in [0.5, 0.6) is 5.75 Å². The molecule has 0 fully saturated rings. The summed E-state index contributed by atoms with van der Waals surface area (Å²) in [6, 6.07) is 3.65. The minimum absolute atomic E-state index is 0.497. The predicted molar refractivity (Wildman–Crippen MR) is 44.8 cm³/mol. The van der Waals surface area contributed by atoms with E-state index >= 15 is 0 Å². The lowest BCUT2D eigenvalue weighted by Gasteiger charge is -1.96. The molecule has 0 bridgehead atoms. The maximum atomic E-state index is 5.20. The van der Waals surface area contributed by atoms with Crippen LogP contribution >= 0.6 is 0 Å². The van der Waals surface area contributed by atoms with Crippen molar-refractivity contribution >= 4 is 0 Å². The standard InChI is InChI=1S/C9H12NO2/c1-3-8-12-10-6-4-9(11-2)5-7-10/h3-7H,1,8H2,2H3/q+1. The van der Waals surface area contributed by atoms with Crippen LogP contribution in [0.15, 0.2) is 37.2 Å². The first-order chi connectivity index (χ1) is 5.86. The zero-order chi connectivity index (χ0) is 8.81. The average molecular weight is 166 g/mol. The van der Waals surface area contributed by atoms with Crippen molar-refractivity contribution in [3.05, 3.63) is 37.2 Å². The van der Waals surface area contributed by atoms with E-state index in [1.165, 1.54) is 0 Å². The van der Waals surface area contributed by atoms with Crippen LogP contribution in [0.3, 0.4) is 0 Å². The number of rotatable bonds is 4. The smallest absolute Gasteiger partial charge is 0.226 e. The number of nitrogens with zero attached hydrogens (tertiary/aromatic N) is 1. The van der Waals surface area contributed by atoms with Gasteiger partial charge >= 0.3 is 0 Å². The monoisotopic (exact) mass is 166 g/mol. The van der Waals surface area contributed by atoms with Crippen LogP contribution in [-0.4, -0.2) is 13.7 Å². The molecule has 1 heterocycles. The zero-order valence-corrected chi connectivity index (χ0v) is 7.06. The van der Waals surface area contributed by atoms with E-state index in [1.54, 1.807) is 30.3 Å². The van der Waals surface area contributed by atoms with Crippen LogP contribution in [0.4, 0.5) is 0 Å². The summed E-state index contributed by atoms with van der Waals surface area (Å²) < 4.78 is 6.59. The Kier molecular flexibility index (Phi) is 3.14. The lowest BCUT2D eigenvalue weighted by Crippen LogP contribution is -2.41. The van der Waals surface area contributed by atoms with Crippen LogP contribution in [-0.2, 0) is 0 Å². The SMILES string of the molecule is C=CCO[n+]1ccc(OC)cc1. The first-order valence-corrected chi connectivity index (χ1v) is 3.66. The van der Waals surface area contributed by atoms with Crippen molar-refractivity contribution in [2.24, 2.45) is 0 Å². The summed E-state index contributed by atoms with van der Waals surface area (Å²) in [4.78, 5) is 5.20. The normalized spacial score (nSPS) is 9.08. The predicted octanol–water partition coefficient (Wildman–Crippen LogP) is 0.597. The highest BCUT2D eigenvalue weighted by Gasteiger charge is 1.99. The van der Waals surface area contributed by atoms with E-state index in [2.05, 4.69) is 6.58 Å². The number of aromatic nitrogens is 1. The fourth-order valence-electron chi connectivity index (χ4n) is 0.760. The molecule has 1 aromatic heterocycles. The van der Waals surface area contributed by atoms with Crippen LogP contribution < -0.4 is 14.3 Å². The lowest BCUT2D eigenvalue weighted by molar-refractivity contribution is -0.889. The van der Waals surface area contributed by atoms with Gasteiger partial charge in [-0.25, -0.2) is 0 Å². The van der Waals surface area contributed by atoms with Crippen LogP contribution in [0.1, 0.15) is 0 Å². The Labute approximate surface area is 71.8 Å². The molecule has 0 amide bonds. The first-order valence-electron chi connectivity index (χ1n) is 3.66. The van der Waals surface area contributed by atoms with Gasteiger partial charge in [-0.1, -0.05) is 6.58 Å². The zero-order valence-electron chi connectivity index (χ0n) is 7.06. The van der Waals surface area contributed by atoms with Crippen molar-refractivity contribution in [2.45, 2.75) is 0 Å². The average Bonchev–Trinajstić information content (AvgIpc) is 2.15. The number of hydrogen-bond acceptors (Lipinski definition) is 2. The van der Waals surface area contributed by atoms with E-state index in [4.69, 9.17) is 9.57 Å². The van der Waals surface area contributed by atoms with Gasteiger partial charge in [-0.3, -0.25) is 4.84 Å². The van der Waals surface area contributed by atoms with Gasteiger partial charge in [0.05, 0.1) is 7.11 Å². The molecule has 0 aliphatic carbocycles. The van der Waals surface area contributed by atoms with Gasteiger partial charge in [0.1, 0.15) is 5.75 Å². The van der Waals surface area contributed by atoms with Crippen molar-refractivity contribution in [3.63, 3.8) is 0 Å². The van der Waals surface area contributed by atoms with Gasteiger partial charge < -0.3 is 4.74 Å². The topological polar surface area (TPSA) is 22.3 Å². The van der Waals surface area contributed by atoms with E-state index in [0.717, 1.165) is 5.75 Å². The van der Waals surface area contributed by atoms with Crippen molar-refractivity contribution in [3.8, 4) is 5.75 Å². The second kappa shape index (κ2) is 4.38. The molecule has 0 spiro atoms. The second-order valence-electron chi connectivity index (χ2n) is 2.18. The number of ether oxygens (including phenoxy) is 1. The molecular formula is C9H12NO2+. The van der Waals surface area contributed by atoms with Crippen molar-refractivity contribution in [1.82, 2.24) is 0 Å². The highest BCUT2D eigenvalue weighted by Crippen LogP contribution is 2.03. The summed E-state index contributed by atoms with van der Waals surface area (Å²) in [5.41, 5.74) is 0. The van der Waals surface area contributed by atoms with Crippen molar-refractivity contribution < 1.29 is 14.3 Å². The molecular weight excluding hydrogens is 154 g/mol. The highest BCUT2D eigenvalue weighted by molar-refractivity contribution is 5.13. The third-order valence-electron chi connectivity index (χ3n) is 1.35. The number of hydrogen-bond donors (Lipinski definition) is 0. The summed E-state index contributed by atoms with van der Waals surface area (Å²) >= 11 is 0. The van der Waals surface area contributed by atoms with Gasteiger partial charge in [-0.05, 0) is 6.08 Å². The van der Waals surface area contributed by atoms with Gasteiger partial charge in [-0.15, -0.1) is 0 Å². The quantitative estimate of drug-likeness (QED) is 0.482. The molecule has 0 aromatic carbocycles. The molecule has 1 rings (SSSR count). The van der Waals surface area contributed by atoms with Gasteiger partial charge in [0.2, 0.25) is 12.4 Å². The maximum absolute atomic E-state index is 5.20. The molecule has 0 aliphatic heterocycles. The minimum Gasteiger partial charge on any atom is -0.496 e. The largest absolute Gasteiger partial charge is 0.496 e. The van der Waals surface area contributed by atoms with E-state index < -0.39 is 0 Å². The van der Waals surface area contributed by atoms with Gasteiger partial charge in [0.15, 0.2) is 6.61 Å². The minimum atomic E-state index is 0.497. The molecule has 0 atom stereocenters. The van der Waals surface area contributed by atoms with E-state index in [-0.39, 0.29) is 0 Å². The van der Waals surface area contributed by atoms with Gasteiger partial charge in [0.25, 0.3) is 0 Å². The van der Waals surface area contributed by atoms with Crippen LogP contribution in [0, 0.1) is 0 Å². The molecule has 0 N–H and O–H groups in total. The van der Waals surface area contributed by atoms with Crippen LogP contribution in [0.2, 0.25) is 0 Å². The Morgan fingerprint density at radius 3 is 2.67 bits per heavy atom. The summed E-state index contributed by atoms with van der Waals surface area (Å²) in [6.45, 7) is 4.04. The fourth-order valence-corrected chi connectivity index (χ4v) is 0.760. The molecule has 0 saturated heterocycles.